The Morgan fingerprint density at radius 1 is 1.38 bits per heavy atom. The molecule has 126 valence electrons. The molecule has 2 heterocycles. The van der Waals surface area contributed by atoms with Gasteiger partial charge >= 0.3 is 0 Å². The maximum absolute atomic E-state index is 14.0. The molecule has 1 saturated carbocycles. The number of nitrogens with zero attached hydrogens (tertiary/aromatic N) is 4. The molecule has 2 aromatic rings. The van der Waals surface area contributed by atoms with Crippen molar-refractivity contribution in [2.24, 2.45) is 5.92 Å². The van der Waals surface area contributed by atoms with Gasteiger partial charge < -0.3 is 4.90 Å². The molecular formula is C17H18ClFN4O. The van der Waals surface area contributed by atoms with E-state index in [9.17, 15) is 9.18 Å². The van der Waals surface area contributed by atoms with E-state index < -0.39 is 0 Å². The van der Waals surface area contributed by atoms with Crippen molar-refractivity contribution in [1.29, 1.82) is 0 Å². The van der Waals surface area contributed by atoms with Gasteiger partial charge in [0.15, 0.2) is 0 Å². The zero-order chi connectivity index (χ0) is 16.7. The molecule has 1 amide bonds. The smallest absolute Gasteiger partial charge is 0.226 e. The summed E-state index contributed by atoms with van der Waals surface area (Å²) in [4.78, 5) is 18.7. The van der Waals surface area contributed by atoms with Crippen LogP contribution in [0.4, 0.5) is 4.39 Å². The summed E-state index contributed by atoms with van der Waals surface area (Å²) < 4.78 is 15.9. The Kier molecular flexibility index (Phi) is 4.00. The van der Waals surface area contributed by atoms with Gasteiger partial charge in [-0.25, -0.2) is 14.1 Å². The van der Waals surface area contributed by atoms with Gasteiger partial charge in [-0.15, -0.1) is 0 Å². The largest absolute Gasteiger partial charge is 0.340 e. The van der Waals surface area contributed by atoms with Gasteiger partial charge in [0.25, 0.3) is 0 Å². The first-order valence-corrected chi connectivity index (χ1v) is 8.59. The van der Waals surface area contributed by atoms with Gasteiger partial charge in [-0.05, 0) is 31.4 Å². The fraction of sp³-hybridized carbons (Fsp3) is 0.471. The third-order valence-electron chi connectivity index (χ3n) is 5.00. The van der Waals surface area contributed by atoms with E-state index >= 15 is 0 Å². The number of aromatic nitrogens is 3. The third kappa shape index (κ3) is 2.79. The number of halogens is 2. The molecule has 2 fully saturated rings. The van der Waals surface area contributed by atoms with Crippen LogP contribution in [0.25, 0.3) is 0 Å². The summed E-state index contributed by atoms with van der Waals surface area (Å²) in [6.07, 6.45) is 5.80. The Morgan fingerprint density at radius 2 is 2.25 bits per heavy atom. The van der Waals surface area contributed by atoms with Gasteiger partial charge in [-0.1, -0.05) is 17.7 Å². The van der Waals surface area contributed by atoms with Crippen molar-refractivity contribution in [2.45, 2.75) is 31.2 Å². The van der Waals surface area contributed by atoms with Gasteiger partial charge in [0, 0.05) is 35.5 Å². The van der Waals surface area contributed by atoms with Crippen LogP contribution in [0.5, 0.6) is 0 Å². The van der Waals surface area contributed by atoms with Crippen LogP contribution in [0.15, 0.2) is 30.9 Å². The molecule has 1 saturated heterocycles. The van der Waals surface area contributed by atoms with Crippen LogP contribution in [0.2, 0.25) is 5.02 Å². The molecule has 3 atom stereocenters. The number of benzene rings is 1. The van der Waals surface area contributed by atoms with Crippen LogP contribution < -0.4 is 0 Å². The third-order valence-corrected chi connectivity index (χ3v) is 5.33. The molecule has 0 unspecified atom stereocenters. The highest BCUT2D eigenvalue weighted by atomic mass is 35.5. The first-order valence-electron chi connectivity index (χ1n) is 8.22. The van der Waals surface area contributed by atoms with Crippen LogP contribution in [0.3, 0.4) is 0 Å². The summed E-state index contributed by atoms with van der Waals surface area (Å²) in [7, 11) is 0. The number of likely N-dealkylation sites (tertiary alicyclic amines) is 1. The molecule has 0 radical (unpaired) electrons. The minimum atomic E-state index is -0.318. The van der Waals surface area contributed by atoms with E-state index in [-0.39, 0.29) is 29.6 Å². The molecule has 5 nitrogen and oxygen atoms in total. The Balaban J connectivity index is 1.45. The predicted molar refractivity (Wildman–Crippen MR) is 87.1 cm³/mol. The topological polar surface area (TPSA) is 51.0 Å². The van der Waals surface area contributed by atoms with Crippen molar-refractivity contribution in [3.8, 4) is 0 Å². The van der Waals surface area contributed by atoms with E-state index in [4.69, 9.17) is 11.6 Å². The fourth-order valence-electron chi connectivity index (χ4n) is 3.66. The van der Waals surface area contributed by atoms with E-state index in [0.717, 1.165) is 19.4 Å². The number of carbonyl (C=O) groups excluding carboxylic acids is 1. The number of hydrogen-bond donors (Lipinski definition) is 0. The standard InChI is InChI=1S/C17H18ClFN4O/c18-14-4-1-5-15(19)16(14)12-7-13(12)17(24)22-6-2-3-11(8-22)23-10-20-9-21-23/h1,4-5,9-13H,2-3,6-8H2/t11-,12+,13-/m1/s1. The number of piperidine rings is 1. The molecule has 0 spiro atoms. The Morgan fingerprint density at radius 3 is 3.00 bits per heavy atom. The summed E-state index contributed by atoms with van der Waals surface area (Å²) in [5.74, 6) is -0.474. The minimum Gasteiger partial charge on any atom is -0.340 e. The molecule has 0 N–H and O–H groups in total. The van der Waals surface area contributed by atoms with Gasteiger partial charge in [-0.3, -0.25) is 4.79 Å². The fourth-order valence-corrected chi connectivity index (χ4v) is 3.97. The summed E-state index contributed by atoms with van der Waals surface area (Å²) in [5, 5.41) is 4.59. The van der Waals surface area contributed by atoms with Crippen molar-refractivity contribution in [1.82, 2.24) is 19.7 Å². The SMILES string of the molecule is O=C([C@@H]1C[C@@H]1c1c(F)cccc1Cl)N1CCC[C@@H](n2cncn2)C1. The van der Waals surface area contributed by atoms with Crippen molar-refractivity contribution in [3.63, 3.8) is 0 Å². The van der Waals surface area contributed by atoms with E-state index in [2.05, 4.69) is 10.1 Å². The van der Waals surface area contributed by atoms with Crippen molar-refractivity contribution in [3.05, 3.63) is 47.3 Å². The lowest BCUT2D eigenvalue weighted by atomic mass is 10.0. The zero-order valence-electron chi connectivity index (χ0n) is 13.1. The molecule has 24 heavy (non-hydrogen) atoms. The second kappa shape index (κ2) is 6.16. The van der Waals surface area contributed by atoms with E-state index in [0.29, 0.717) is 23.6 Å². The number of amides is 1. The lowest BCUT2D eigenvalue weighted by molar-refractivity contribution is -0.134. The van der Waals surface area contributed by atoms with E-state index in [1.54, 1.807) is 18.5 Å². The summed E-state index contributed by atoms with van der Waals surface area (Å²) >= 11 is 6.13. The predicted octanol–water partition coefficient (Wildman–Crippen LogP) is 3.04. The normalized spacial score (nSPS) is 26.4. The highest BCUT2D eigenvalue weighted by Crippen LogP contribution is 2.51. The molecule has 4 rings (SSSR count). The number of hydrogen-bond acceptors (Lipinski definition) is 3. The zero-order valence-corrected chi connectivity index (χ0v) is 13.9. The van der Waals surface area contributed by atoms with Crippen molar-refractivity contribution in [2.75, 3.05) is 13.1 Å². The Labute approximate surface area is 144 Å². The van der Waals surface area contributed by atoms with Gasteiger partial charge in [0.05, 0.1) is 6.04 Å². The van der Waals surface area contributed by atoms with E-state index in [1.807, 2.05) is 9.58 Å². The summed E-state index contributed by atoms with van der Waals surface area (Å²) in [6.45, 7) is 1.38. The first-order chi connectivity index (χ1) is 11.6. The second-order valence-corrected chi connectivity index (χ2v) is 6.95. The van der Waals surface area contributed by atoms with Crippen LogP contribution in [0.1, 0.15) is 36.8 Å². The Hall–Kier alpha value is -1.95. The van der Waals surface area contributed by atoms with Crippen LogP contribution >= 0.6 is 11.6 Å². The lowest BCUT2D eigenvalue weighted by Gasteiger charge is -2.32. The van der Waals surface area contributed by atoms with Gasteiger partial charge in [0.2, 0.25) is 5.91 Å². The Bertz CT molecular complexity index is 731. The quantitative estimate of drug-likeness (QED) is 0.856. The van der Waals surface area contributed by atoms with Gasteiger partial charge in [-0.2, -0.15) is 5.10 Å². The molecular weight excluding hydrogens is 331 g/mol. The number of rotatable bonds is 3. The number of carbonyl (C=O) groups is 1. The molecule has 0 bridgehead atoms. The van der Waals surface area contributed by atoms with Gasteiger partial charge in [0.1, 0.15) is 18.5 Å². The average molecular weight is 349 g/mol. The second-order valence-electron chi connectivity index (χ2n) is 6.54. The van der Waals surface area contributed by atoms with E-state index in [1.165, 1.54) is 12.4 Å². The van der Waals surface area contributed by atoms with Crippen molar-refractivity contribution < 1.29 is 9.18 Å². The molecule has 2 aliphatic rings. The first kappa shape index (κ1) is 15.6. The van der Waals surface area contributed by atoms with Crippen LogP contribution in [-0.2, 0) is 4.79 Å². The molecule has 1 aliphatic carbocycles. The summed E-state index contributed by atoms with van der Waals surface area (Å²) in [5.41, 5.74) is 0.488. The highest BCUT2D eigenvalue weighted by Gasteiger charge is 2.48. The van der Waals surface area contributed by atoms with Crippen LogP contribution in [-0.4, -0.2) is 38.7 Å². The molecule has 1 aromatic carbocycles. The minimum absolute atomic E-state index is 0.0991. The summed E-state index contributed by atoms with van der Waals surface area (Å²) in [6, 6.07) is 4.84. The molecule has 1 aliphatic heterocycles. The maximum Gasteiger partial charge on any atom is 0.226 e. The lowest BCUT2D eigenvalue weighted by Crippen LogP contribution is -2.41. The average Bonchev–Trinajstić information content (AvgIpc) is 3.16. The van der Waals surface area contributed by atoms with Crippen molar-refractivity contribution >= 4 is 17.5 Å². The maximum atomic E-state index is 14.0. The molecule has 1 aromatic heterocycles. The highest BCUT2D eigenvalue weighted by molar-refractivity contribution is 6.31. The monoisotopic (exact) mass is 348 g/mol. The molecule has 7 heteroatoms. The van der Waals surface area contributed by atoms with Crippen LogP contribution in [0, 0.1) is 11.7 Å².